The normalized spacial score (nSPS) is 16.7. The van der Waals surface area contributed by atoms with Gasteiger partial charge in [0.25, 0.3) is 5.91 Å². The third-order valence-electron chi connectivity index (χ3n) is 4.02. The SMILES string of the molecule is CN=CN(CCN)c1ccc(N2C[C@H](CCNC(=O)C(F)F)OC2=O)cc1F. The summed E-state index contributed by atoms with van der Waals surface area (Å²) >= 11 is 0. The molecule has 1 aromatic carbocycles. The van der Waals surface area contributed by atoms with Crippen LogP contribution in [-0.2, 0) is 9.53 Å². The van der Waals surface area contributed by atoms with Crippen LogP contribution < -0.4 is 20.9 Å². The predicted molar refractivity (Wildman–Crippen MR) is 98.5 cm³/mol. The first-order valence-electron chi connectivity index (χ1n) is 8.60. The Kier molecular flexibility index (Phi) is 7.61. The maximum atomic E-state index is 14.6. The Morgan fingerprint density at radius 3 is 2.89 bits per heavy atom. The van der Waals surface area contributed by atoms with E-state index in [2.05, 4.69) is 4.99 Å². The average molecular weight is 401 g/mol. The second-order valence-corrected chi connectivity index (χ2v) is 5.99. The van der Waals surface area contributed by atoms with Gasteiger partial charge in [0.1, 0.15) is 11.9 Å². The van der Waals surface area contributed by atoms with E-state index in [1.54, 1.807) is 18.0 Å². The molecule has 11 heteroatoms. The summed E-state index contributed by atoms with van der Waals surface area (Å²) in [5.74, 6) is -1.94. The number of ether oxygens (including phenoxy) is 1. The fourth-order valence-electron chi connectivity index (χ4n) is 2.73. The van der Waals surface area contributed by atoms with Crippen molar-refractivity contribution < 1.29 is 27.5 Å². The number of alkyl halides is 2. The van der Waals surface area contributed by atoms with Crippen molar-refractivity contribution in [3.05, 3.63) is 24.0 Å². The van der Waals surface area contributed by atoms with E-state index in [0.717, 1.165) is 0 Å². The third-order valence-corrected chi connectivity index (χ3v) is 4.02. The maximum absolute atomic E-state index is 14.6. The van der Waals surface area contributed by atoms with Crippen LogP contribution in [0.3, 0.4) is 0 Å². The van der Waals surface area contributed by atoms with Gasteiger partial charge in [0, 0.05) is 33.1 Å². The van der Waals surface area contributed by atoms with E-state index in [1.165, 1.54) is 23.4 Å². The lowest BCUT2D eigenvalue weighted by atomic mass is 10.2. The second kappa shape index (κ2) is 9.93. The minimum Gasteiger partial charge on any atom is -0.444 e. The van der Waals surface area contributed by atoms with Gasteiger partial charge >= 0.3 is 12.5 Å². The highest BCUT2D eigenvalue weighted by Gasteiger charge is 2.32. The Labute approximate surface area is 160 Å². The Morgan fingerprint density at radius 2 is 2.29 bits per heavy atom. The van der Waals surface area contributed by atoms with Gasteiger partial charge in [0.2, 0.25) is 0 Å². The molecule has 1 atom stereocenters. The maximum Gasteiger partial charge on any atom is 0.414 e. The number of amides is 2. The highest BCUT2D eigenvalue weighted by Crippen LogP contribution is 2.28. The highest BCUT2D eigenvalue weighted by atomic mass is 19.3. The van der Waals surface area contributed by atoms with Crippen LogP contribution in [0.2, 0.25) is 0 Å². The largest absolute Gasteiger partial charge is 0.444 e. The van der Waals surface area contributed by atoms with E-state index in [4.69, 9.17) is 10.5 Å². The topological polar surface area (TPSA) is 100 Å². The summed E-state index contributed by atoms with van der Waals surface area (Å²) in [5, 5.41) is 2.04. The number of carbonyl (C=O) groups excluding carboxylic acids is 2. The van der Waals surface area contributed by atoms with E-state index in [-0.39, 0.29) is 25.2 Å². The van der Waals surface area contributed by atoms with Crippen molar-refractivity contribution in [2.24, 2.45) is 10.7 Å². The van der Waals surface area contributed by atoms with Gasteiger partial charge in [-0.2, -0.15) is 8.78 Å². The van der Waals surface area contributed by atoms with E-state index in [0.29, 0.717) is 18.8 Å². The molecule has 0 unspecified atom stereocenters. The van der Waals surface area contributed by atoms with Crippen molar-refractivity contribution in [2.75, 3.05) is 43.0 Å². The van der Waals surface area contributed by atoms with Gasteiger partial charge in [-0.15, -0.1) is 0 Å². The molecule has 2 amide bonds. The molecule has 1 saturated heterocycles. The fraction of sp³-hybridized carbons (Fsp3) is 0.471. The lowest BCUT2D eigenvalue weighted by Gasteiger charge is -2.21. The number of carbonyl (C=O) groups is 2. The molecule has 1 fully saturated rings. The summed E-state index contributed by atoms with van der Waals surface area (Å²) in [6.07, 6.45) is -2.75. The zero-order valence-corrected chi connectivity index (χ0v) is 15.3. The number of nitrogens with two attached hydrogens (primary N) is 1. The molecule has 0 aliphatic carbocycles. The first-order valence-corrected chi connectivity index (χ1v) is 8.60. The molecule has 8 nitrogen and oxygen atoms in total. The van der Waals surface area contributed by atoms with Crippen LogP contribution in [0, 0.1) is 5.82 Å². The Morgan fingerprint density at radius 1 is 1.54 bits per heavy atom. The van der Waals surface area contributed by atoms with Crippen LogP contribution in [0.5, 0.6) is 0 Å². The molecule has 1 aromatic rings. The van der Waals surface area contributed by atoms with Crippen molar-refractivity contribution in [1.29, 1.82) is 0 Å². The zero-order chi connectivity index (χ0) is 20.7. The van der Waals surface area contributed by atoms with Crippen LogP contribution in [0.1, 0.15) is 6.42 Å². The summed E-state index contributed by atoms with van der Waals surface area (Å²) < 4.78 is 44.0. The minimum atomic E-state index is -3.10. The Balaban J connectivity index is 2.02. The molecule has 2 rings (SSSR count). The van der Waals surface area contributed by atoms with Crippen molar-refractivity contribution in [2.45, 2.75) is 19.0 Å². The molecule has 0 spiro atoms. The third kappa shape index (κ3) is 5.35. The Hall–Kier alpha value is -2.82. The number of hydrogen-bond acceptors (Lipinski definition) is 5. The molecule has 0 radical (unpaired) electrons. The fourth-order valence-corrected chi connectivity index (χ4v) is 2.73. The minimum absolute atomic E-state index is 0.0628. The standard InChI is InChI=1S/C17H22F3N5O3/c1-22-10-24(7-5-21)14-3-2-11(8-13(14)18)25-9-12(28-17(25)27)4-6-23-16(26)15(19)20/h2-3,8,10,12,15H,4-7,9,21H2,1H3,(H,23,26)/t12-/m0/s1. The van der Waals surface area contributed by atoms with Gasteiger partial charge in [0.05, 0.1) is 24.3 Å². The number of rotatable bonds is 9. The van der Waals surface area contributed by atoms with Crippen molar-refractivity contribution in [3.8, 4) is 0 Å². The number of anilines is 2. The van der Waals surface area contributed by atoms with Gasteiger partial charge < -0.3 is 20.7 Å². The molecule has 154 valence electrons. The summed E-state index contributed by atoms with van der Waals surface area (Å²) in [6, 6.07) is 4.27. The molecular formula is C17H22F3N5O3. The van der Waals surface area contributed by atoms with Crippen LogP contribution in [0.15, 0.2) is 23.2 Å². The van der Waals surface area contributed by atoms with E-state index < -0.39 is 30.3 Å². The molecule has 3 N–H and O–H groups in total. The van der Waals surface area contributed by atoms with Crippen molar-refractivity contribution in [3.63, 3.8) is 0 Å². The molecule has 1 aliphatic heterocycles. The van der Waals surface area contributed by atoms with E-state index >= 15 is 0 Å². The van der Waals surface area contributed by atoms with Gasteiger partial charge in [0.15, 0.2) is 0 Å². The molecule has 0 saturated carbocycles. The number of hydrogen-bond donors (Lipinski definition) is 2. The van der Waals surface area contributed by atoms with Gasteiger partial charge in [-0.1, -0.05) is 0 Å². The zero-order valence-electron chi connectivity index (χ0n) is 15.3. The van der Waals surface area contributed by atoms with E-state index in [1.807, 2.05) is 5.32 Å². The van der Waals surface area contributed by atoms with Gasteiger partial charge in [-0.05, 0) is 18.2 Å². The monoisotopic (exact) mass is 401 g/mol. The van der Waals surface area contributed by atoms with Crippen LogP contribution in [0.25, 0.3) is 0 Å². The van der Waals surface area contributed by atoms with Crippen molar-refractivity contribution >= 4 is 29.7 Å². The van der Waals surface area contributed by atoms with Crippen LogP contribution in [0.4, 0.5) is 29.3 Å². The number of nitrogens with one attached hydrogen (secondary N) is 1. The highest BCUT2D eigenvalue weighted by molar-refractivity contribution is 5.90. The molecule has 0 aromatic heterocycles. The summed E-state index contributed by atoms with van der Waals surface area (Å²) in [4.78, 5) is 29.6. The van der Waals surface area contributed by atoms with Crippen LogP contribution in [-0.4, -0.2) is 64.1 Å². The summed E-state index contributed by atoms with van der Waals surface area (Å²) in [5.41, 5.74) is 6.08. The quantitative estimate of drug-likeness (QED) is 0.481. The van der Waals surface area contributed by atoms with Gasteiger partial charge in [-0.25, -0.2) is 9.18 Å². The molecule has 1 heterocycles. The number of benzene rings is 1. The number of halogens is 3. The predicted octanol–water partition coefficient (Wildman–Crippen LogP) is 1.35. The van der Waals surface area contributed by atoms with E-state index in [9.17, 15) is 22.8 Å². The second-order valence-electron chi connectivity index (χ2n) is 5.99. The van der Waals surface area contributed by atoms with Crippen LogP contribution >= 0.6 is 0 Å². The number of cyclic esters (lactones) is 1. The molecular weight excluding hydrogens is 379 g/mol. The first-order chi connectivity index (χ1) is 13.4. The average Bonchev–Trinajstić information content (AvgIpc) is 3.02. The first kappa shape index (κ1) is 21.5. The lowest BCUT2D eigenvalue weighted by Crippen LogP contribution is -2.32. The Bertz CT molecular complexity index is 732. The van der Waals surface area contributed by atoms with Gasteiger partial charge in [-0.3, -0.25) is 14.7 Å². The molecule has 28 heavy (non-hydrogen) atoms. The smallest absolute Gasteiger partial charge is 0.414 e. The number of nitrogens with zero attached hydrogens (tertiary/aromatic N) is 3. The molecule has 0 bridgehead atoms. The number of aliphatic imine (C=N–C) groups is 1. The summed E-state index contributed by atoms with van der Waals surface area (Å²) in [6.45, 7) is 0.721. The lowest BCUT2D eigenvalue weighted by molar-refractivity contribution is -0.131. The van der Waals surface area contributed by atoms with Crippen molar-refractivity contribution in [1.82, 2.24) is 5.32 Å². The molecule has 1 aliphatic rings. The summed E-state index contributed by atoms with van der Waals surface area (Å²) in [7, 11) is 1.56.